The zero-order valence-corrected chi connectivity index (χ0v) is 15.5. The number of nitrogens with zero attached hydrogens (tertiary/aromatic N) is 4. The maximum absolute atomic E-state index is 13.1. The average Bonchev–Trinajstić information content (AvgIpc) is 3.37. The number of ether oxygens (including phenoxy) is 1. The lowest BCUT2D eigenvalue weighted by atomic mass is 10.1. The number of benzene rings is 1. The number of aromatic nitrogens is 3. The molecule has 4 rings (SSSR count). The summed E-state index contributed by atoms with van der Waals surface area (Å²) in [4.78, 5) is 27.6. The molecule has 8 heteroatoms. The van der Waals surface area contributed by atoms with E-state index in [0.29, 0.717) is 42.2 Å². The number of carbonyl (C=O) groups excluding carboxylic acids is 2. The summed E-state index contributed by atoms with van der Waals surface area (Å²) in [7, 11) is 0. The first-order valence-electron chi connectivity index (χ1n) is 9.30. The van der Waals surface area contributed by atoms with E-state index in [-0.39, 0.29) is 11.8 Å². The zero-order valence-electron chi connectivity index (χ0n) is 15.5. The SMILES string of the molecule is CCOc1ccccc1C(=O)N1CCCC1C(=O)Nc1ccc2nncn2c1. The summed E-state index contributed by atoms with van der Waals surface area (Å²) in [5.41, 5.74) is 1.81. The summed E-state index contributed by atoms with van der Waals surface area (Å²) in [6.07, 6.45) is 4.73. The molecular formula is C20H21N5O3. The van der Waals surface area contributed by atoms with Crippen LogP contribution in [-0.2, 0) is 4.79 Å². The van der Waals surface area contributed by atoms with Crippen molar-refractivity contribution in [1.82, 2.24) is 19.5 Å². The number of hydrogen-bond donors (Lipinski definition) is 1. The van der Waals surface area contributed by atoms with E-state index in [9.17, 15) is 9.59 Å². The first-order valence-corrected chi connectivity index (χ1v) is 9.30. The summed E-state index contributed by atoms with van der Waals surface area (Å²) in [6, 6.07) is 10.2. The molecule has 1 aromatic carbocycles. The summed E-state index contributed by atoms with van der Waals surface area (Å²) in [5.74, 6) is 0.155. The predicted octanol–water partition coefficient (Wildman–Crippen LogP) is 2.37. The van der Waals surface area contributed by atoms with Crippen LogP contribution in [-0.4, -0.2) is 50.5 Å². The van der Waals surface area contributed by atoms with Gasteiger partial charge in [0.15, 0.2) is 5.65 Å². The van der Waals surface area contributed by atoms with E-state index >= 15 is 0 Å². The molecule has 1 aliphatic rings. The molecular weight excluding hydrogens is 358 g/mol. The van der Waals surface area contributed by atoms with Crippen LogP contribution in [0, 0.1) is 0 Å². The van der Waals surface area contributed by atoms with Gasteiger partial charge in [0.2, 0.25) is 5.91 Å². The second-order valence-electron chi connectivity index (χ2n) is 6.59. The number of fused-ring (bicyclic) bond motifs is 1. The molecule has 1 atom stereocenters. The van der Waals surface area contributed by atoms with E-state index in [0.717, 1.165) is 6.42 Å². The molecule has 28 heavy (non-hydrogen) atoms. The Morgan fingerprint density at radius 2 is 2.11 bits per heavy atom. The molecule has 0 aliphatic carbocycles. The van der Waals surface area contributed by atoms with Crippen molar-refractivity contribution in [1.29, 1.82) is 0 Å². The largest absolute Gasteiger partial charge is 0.493 e. The smallest absolute Gasteiger partial charge is 0.258 e. The van der Waals surface area contributed by atoms with Gasteiger partial charge in [-0.05, 0) is 44.0 Å². The number of carbonyl (C=O) groups is 2. The number of hydrogen-bond acceptors (Lipinski definition) is 5. The molecule has 2 aromatic heterocycles. The van der Waals surface area contributed by atoms with Crippen molar-refractivity contribution in [3.8, 4) is 5.75 Å². The standard InChI is InChI=1S/C20H21N5O3/c1-2-28-17-8-4-3-6-15(17)20(27)25-11-5-7-16(25)19(26)22-14-9-10-18-23-21-13-24(18)12-14/h3-4,6,8-10,12-13,16H,2,5,7,11H2,1H3,(H,22,26). The van der Waals surface area contributed by atoms with Gasteiger partial charge in [0.05, 0.1) is 17.9 Å². The minimum atomic E-state index is -0.515. The zero-order chi connectivity index (χ0) is 19.5. The molecule has 1 unspecified atom stereocenters. The van der Waals surface area contributed by atoms with Gasteiger partial charge in [0.25, 0.3) is 5.91 Å². The Morgan fingerprint density at radius 1 is 1.25 bits per heavy atom. The van der Waals surface area contributed by atoms with Gasteiger partial charge in [-0.2, -0.15) is 0 Å². The first-order chi connectivity index (χ1) is 13.7. The molecule has 0 bridgehead atoms. The van der Waals surface area contributed by atoms with Crippen molar-refractivity contribution in [3.63, 3.8) is 0 Å². The lowest BCUT2D eigenvalue weighted by Gasteiger charge is -2.25. The summed E-state index contributed by atoms with van der Waals surface area (Å²) >= 11 is 0. The molecule has 8 nitrogen and oxygen atoms in total. The van der Waals surface area contributed by atoms with Crippen molar-refractivity contribution in [2.24, 2.45) is 0 Å². The van der Waals surface area contributed by atoms with Gasteiger partial charge in [-0.25, -0.2) is 0 Å². The van der Waals surface area contributed by atoms with Crippen LogP contribution in [0.25, 0.3) is 5.65 Å². The molecule has 1 fully saturated rings. The minimum Gasteiger partial charge on any atom is -0.493 e. The first kappa shape index (κ1) is 18.0. The lowest BCUT2D eigenvalue weighted by Crippen LogP contribution is -2.43. The number of para-hydroxylation sites is 1. The Hall–Kier alpha value is -3.42. The third kappa shape index (κ3) is 3.40. The van der Waals surface area contributed by atoms with Crippen LogP contribution in [0.4, 0.5) is 5.69 Å². The Bertz CT molecular complexity index is 1020. The summed E-state index contributed by atoms with van der Waals surface area (Å²) in [6.45, 7) is 2.89. The van der Waals surface area contributed by atoms with Crippen molar-refractivity contribution in [2.75, 3.05) is 18.5 Å². The monoisotopic (exact) mass is 379 g/mol. The van der Waals surface area contributed by atoms with E-state index in [1.807, 2.05) is 13.0 Å². The highest BCUT2D eigenvalue weighted by Gasteiger charge is 2.35. The van der Waals surface area contributed by atoms with Gasteiger partial charge >= 0.3 is 0 Å². The quantitative estimate of drug-likeness (QED) is 0.735. The van der Waals surface area contributed by atoms with Crippen LogP contribution in [0.2, 0.25) is 0 Å². The summed E-state index contributed by atoms with van der Waals surface area (Å²) < 4.78 is 7.31. The second kappa shape index (κ2) is 7.67. The Morgan fingerprint density at radius 3 is 2.96 bits per heavy atom. The van der Waals surface area contributed by atoms with Crippen LogP contribution in [0.1, 0.15) is 30.1 Å². The molecule has 0 spiro atoms. The van der Waals surface area contributed by atoms with Gasteiger partial charge < -0.3 is 15.0 Å². The van der Waals surface area contributed by atoms with Crippen LogP contribution >= 0.6 is 0 Å². The Kier molecular flexibility index (Phi) is 4.92. The lowest BCUT2D eigenvalue weighted by molar-refractivity contribution is -0.119. The average molecular weight is 379 g/mol. The predicted molar refractivity (Wildman–Crippen MR) is 103 cm³/mol. The molecule has 1 saturated heterocycles. The Labute approximate surface area is 162 Å². The van der Waals surface area contributed by atoms with E-state index in [1.165, 1.54) is 0 Å². The molecule has 0 radical (unpaired) electrons. The number of pyridine rings is 1. The van der Waals surface area contributed by atoms with Crippen LogP contribution in [0.15, 0.2) is 48.9 Å². The number of rotatable bonds is 5. The molecule has 2 amide bonds. The fourth-order valence-corrected chi connectivity index (χ4v) is 3.49. The van der Waals surface area contributed by atoms with Crippen molar-refractivity contribution < 1.29 is 14.3 Å². The van der Waals surface area contributed by atoms with Crippen LogP contribution in [0.5, 0.6) is 5.75 Å². The van der Waals surface area contributed by atoms with Crippen molar-refractivity contribution in [2.45, 2.75) is 25.8 Å². The van der Waals surface area contributed by atoms with Gasteiger partial charge in [0, 0.05) is 12.7 Å². The number of nitrogens with one attached hydrogen (secondary N) is 1. The van der Waals surface area contributed by atoms with E-state index < -0.39 is 6.04 Å². The molecule has 1 N–H and O–H groups in total. The highest BCUT2D eigenvalue weighted by atomic mass is 16.5. The molecule has 1 aliphatic heterocycles. The topological polar surface area (TPSA) is 88.8 Å². The number of anilines is 1. The van der Waals surface area contributed by atoms with Gasteiger partial charge in [-0.15, -0.1) is 10.2 Å². The third-order valence-corrected chi connectivity index (χ3v) is 4.79. The second-order valence-corrected chi connectivity index (χ2v) is 6.59. The maximum Gasteiger partial charge on any atom is 0.258 e. The summed E-state index contributed by atoms with van der Waals surface area (Å²) in [5, 5.41) is 10.7. The van der Waals surface area contributed by atoms with Crippen LogP contribution in [0.3, 0.4) is 0 Å². The normalized spacial score (nSPS) is 16.3. The highest BCUT2D eigenvalue weighted by molar-refractivity contribution is 6.02. The van der Waals surface area contributed by atoms with Crippen molar-refractivity contribution >= 4 is 23.1 Å². The number of amides is 2. The fourth-order valence-electron chi connectivity index (χ4n) is 3.49. The van der Waals surface area contributed by atoms with Gasteiger partial charge in [-0.1, -0.05) is 12.1 Å². The van der Waals surface area contributed by atoms with Crippen molar-refractivity contribution in [3.05, 3.63) is 54.5 Å². The van der Waals surface area contributed by atoms with E-state index in [2.05, 4.69) is 15.5 Å². The molecule has 144 valence electrons. The van der Waals surface area contributed by atoms with Gasteiger partial charge in [-0.3, -0.25) is 14.0 Å². The third-order valence-electron chi connectivity index (χ3n) is 4.79. The van der Waals surface area contributed by atoms with Gasteiger partial charge in [0.1, 0.15) is 18.1 Å². The molecule has 3 aromatic rings. The minimum absolute atomic E-state index is 0.184. The number of likely N-dealkylation sites (tertiary alicyclic amines) is 1. The molecule has 0 saturated carbocycles. The van der Waals surface area contributed by atoms with E-state index in [4.69, 9.17) is 4.74 Å². The maximum atomic E-state index is 13.1. The fraction of sp³-hybridized carbons (Fsp3) is 0.300. The van der Waals surface area contributed by atoms with Crippen LogP contribution < -0.4 is 10.1 Å². The Balaban J connectivity index is 1.52. The van der Waals surface area contributed by atoms with E-state index in [1.54, 1.807) is 52.2 Å². The highest BCUT2D eigenvalue weighted by Crippen LogP contribution is 2.26. The molecule has 3 heterocycles.